The molecule has 0 radical (unpaired) electrons. The van der Waals surface area contributed by atoms with Gasteiger partial charge in [0.1, 0.15) is 5.69 Å². The number of amides is 1. The minimum atomic E-state index is -0.229. The molecule has 1 N–H and O–H groups in total. The van der Waals surface area contributed by atoms with E-state index in [2.05, 4.69) is 53.4 Å². The molecule has 28 heavy (non-hydrogen) atoms. The minimum Gasteiger partial charge on any atom is -0.349 e. The third-order valence-corrected chi connectivity index (χ3v) is 5.41. The molecule has 1 aliphatic heterocycles. The fraction of sp³-hybridized carbons (Fsp3) is 0.500. The summed E-state index contributed by atoms with van der Waals surface area (Å²) in [7, 11) is 0. The molecule has 0 saturated carbocycles. The second-order valence-corrected chi connectivity index (χ2v) is 7.79. The predicted molar refractivity (Wildman–Crippen MR) is 110 cm³/mol. The number of aromatic nitrogens is 2. The first-order valence-corrected chi connectivity index (χ1v) is 10.2. The van der Waals surface area contributed by atoms with Gasteiger partial charge in [-0.2, -0.15) is 5.10 Å². The molecule has 1 aliphatic rings. The van der Waals surface area contributed by atoms with Crippen molar-refractivity contribution in [2.24, 2.45) is 5.92 Å². The van der Waals surface area contributed by atoms with Gasteiger partial charge in [0.05, 0.1) is 0 Å². The Labute approximate surface area is 166 Å². The summed E-state index contributed by atoms with van der Waals surface area (Å²) in [6.07, 6.45) is 1.83. The molecule has 0 unspecified atom stereocenters. The fourth-order valence-electron chi connectivity index (χ4n) is 3.82. The highest BCUT2D eigenvalue weighted by molar-refractivity contribution is 5.92. The molecule has 2 aromatic rings. The third kappa shape index (κ3) is 4.68. The van der Waals surface area contributed by atoms with Crippen molar-refractivity contribution in [3.05, 3.63) is 63.6 Å². The summed E-state index contributed by atoms with van der Waals surface area (Å²) >= 11 is 0. The molecule has 1 amide bonds. The van der Waals surface area contributed by atoms with Crippen LogP contribution in [0, 0.1) is 5.92 Å². The quantitative estimate of drug-likeness (QED) is 0.799. The Hall–Kier alpha value is -2.47. The molecule has 0 bridgehead atoms. The summed E-state index contributed by atoms with van der Waals surface area (Å²) in [5.74, 6) is 0.181. The van der Waals surface area contributed by atoms with Crippen LogP contribution in [-0.4, -0.2) is 39.7 Å². The van der Waals surface area contributed by atoms with Crippen LogP contribution in [0.4, 0.5) is 0 Å². The third-order valence-electron chi connectivity index (χ3n) is 5.41. The minimum absolute atomic E-state index is 0.176. The van der Waals surface area contributed by atoms with Crippen LogP contribution in [0.3, 0.4) is 0 Å². The summed E-state index contributed by atoms with van der Waals surface area (Å²) in [5.41, 5.74) is 2.91. The van der Waals surface area contributed by atoms with Gasteiger partial charge >= 0.3 is 0 Å². The van der Waals surface area contributed by atoms with Gasteiger partial charge in [0.2, 0.25) is 0 Å². The average molecular weight is 383 g/mol. The lowest BCUT2D eigenvalue weighted by molar-refractivity contribution is 0.0897. The van der Waals surface area contributed by atoms with Gasteiger partial charge in [-0.3, -0.25) is 14.5 Å². The van der Waals surface area contributed by atoms with Gasteiger partial charge in [-0.1, -0.05) is 45.0 Å². The monoisotopic (exact) mass is 382 g/mol. The standard InChI is InChI=1S/C22H30N4O2/c1-4-12-26-21(27)10-9-19(24-26)22(28)23-14-20(16(2)3)25-13-11-17-7-5-6-8-18(17)15-25/h5-10,16,20H,4,11-15H2,1-3H3,(H,23,28)/t20-/m1/s1. The van der Waals surface area contributed by atoms with E-state index in [0.717, 1.165) is 25.9 Å². The van der Waals surface area contributed by atoms with Gasteiger partial charge in [-0.15, -0.1) is 0 Å². The fourth-order valence-corrected chi connectivity index (χ4v) is 3.82. The first-order chi connectivity index (χ1) is 13.5. The average Bonchev–Trinajstić information content (AvgIpc) is 2.69. The summed E-state index contributed by atoms with van der Waals surface area (Å²) in [5, 5.41) is 7.24. The zero-order valence-corrected chi connectivity index (χ0v) is 17.0. The van der Waals surface area contributed by atoms with E-state index in [-0.39, 0.29) is 17.5 Å². The van der Waals surface area contributed by atoms with Gasteiger partial charge in [0, 0.05) is 38.3 Å². The highest BCUT2D eigenvalue weighted by Gasteiger charge is 2.26. The number of rotatable bonds is 7. The van der Waals surface area contributed by atoms with Crippen LogP contribution in [0.1, 0.15) is 48.8 Å². The Balaban J connectivity index is 1.66. The van der Waals surface area contributed by atoms with E-state index in [4.69, 9.17) is 0 Å². The Morgan fingerprint density at radius 3 is 2.64 bits per heavy atom. The zero-order chi connectivity index (χ0) is 20.1. The maximum absolute atomic E-state index is 12.6. The first kappa shape index (κ1) is 20.3. The Morgan fingerprint density at radius 1 is 1.18 bits per heavy atom. The van der Waals surface area contributed by atoms with Crippen LogP contribution < -0.4 is 10.9 Å². The highest BCUT2D eigenvalue weighted by atomic mass is 16.2. The zero-order valence-electron chi connectivity index (χ0n) is 17.0. The Morgan fingerprint density at radius 2 is 1.93 bits per heavy atom. The van der Waals surface area contributed by atoms with Gasteiger partial charge in [-0.05, 0) is 36.0 Å². The summed E-state index contributed by atoms with van der Waals surface area (Å²) < 4.78 is 1.36. The topological polar surface area (TPSA) is 67.2 Å². The Bertz CT molecular complexity index is 875. The van der Waals surface area contributed by atoms with Crippen LogP contribution in [0.15, 0.2) is 41.2 Å². The molecule has 0 fully saturated rings. The van der Waals surface area contributed by atoms with Crippen molar-refractivity contribution in [1.82, 2.24) is 20.0 Å². The number of aryl methyl sites for hydroxylation is 1. The van der Waals surface area contributed by atoms with E-state index in [0.29, 0.717) is 24.7 Å². The van der Waals surface area contributed by atoms with Gasteiger partial charge in [0.15, 0.2) is 0 Å². The highest BCUT2D eigenvalue weighted by Crippen LogP contribution is 2.22. The van der Waals surface area contributed by atoms with Crippen molar-refractivity contribution >= 4 is 5.91 Å². The summed E-state index contributed by atoms with van der Waals surface area (Å²) in [6, 6.07) is 11.8. The SMILES string of the molecule is CCCn1nc(C(=O)NC[C@H](C(C)C)N2CCc3ccccc3C2)ccc1=O. The smallest absolute Gasteiger partial charge is 0.271 e. The van der Waals surface area contributed by atoms with E-state index in [1.54, 1.807) is 0 Å². The van der Waals surface area contributed by atoms with E-state index in [9.17, 15) is 9.59 Å². The molecule has 1 aromatic heterocycles. The van der Waals surface area contributed by atoms with E-state index >= 15 is 0 Å². The van der Waals surface area contributed by atoms with Crippen molar-refractivity contribution in [1.29, 1.82) is 0 Å². The van der Waals surface area contributed by atoms with Gasteiger partial charge < -0.3 is 5.32 Å². The lowest BCUT2D eigenvalue weighted by Gasteiger charge is -2.38. The van der Waals surface area contributed by atoms with Crippen LogP contribution in [-0.2, 0) is 19.5 Å². The molecular formula is C22H30N4O2. The van der Waals surface area contributed by atoms with Crippen molar-refractivity contribution in [2.75, 3.05) is 13.1 Å². The maximum Gasteiger partial charge on any atom is 0.271 e. The Kier molecular flexibility index (Phi) is 6.62. The van der Waals surface area contributed by atoms with Crippen molar-refractivity contribution in [2.45, 2.75) is 52.7 Å². The molecule has 0 aliphatic carbocycles. The molecule has 6 nitrogen and oxygen atoms in total. The molecule has 0 spiro atoms. The lowest BCUT2D eigenvalue weighted by Crippen LogP contribution is -2.48. The van der Waals surface area contributed by atoms with E-state index < -0.39 is 0 Å². The van der Waals surface area contributed by atoms with Crippen molar-refractivity contribution < 1.29 is 4.79 Å². The predicted octanol–water partition coefficient (Wildman–Crippen LogP) is 2.47. The summed E-state index contributed by atoms with van der Waals surface area (Å²) in [4.78, 5) is 26.9. The molecule has 6 heteroatoms. The summed E-state index contributed by atoms with van der Waals surface area (Å²) in [6.45, 7) is 9.35. The van der Waals surface area contributed by atoms with Crippen LogP contribution in [0.2, 0.25) is 0 Å². The normalized spacial score (nSPS) is 15.3. The lowest BCUT2D eigenvalue weighted by atomic mass is 9.95. The molecule has 150 valence electrons. The van der Waals surface area contributed by atoms with E-state index in [1.807, 2.05) is 6.92 Å². The number of carbonyl (C=O) groups is 1. The maximum atomic E-state index is 12.6. The number of carbonyl (C=O) groups excluding carboxylic acids is 1. The second-order valence-electron chi connectivity index (χ2n) is 7.79. The molecule has 1 atom stereocenters. The van der Waals surface area contributed by atoms with Gasteiger partial charge in [0.25, 0.3) is 11.5 Å². The molecule has 2 heterocycles. The first-order valence-electron chi connectivity index (χ1n) is 10.2. The number of hydrogen-bond acceptors (Lipinski definition) is 4. The van der Waals surface area contributed by atoms with Crippen LogP contribution >= 0.6 is 0 Å². The number of benzene rings is 1. The number of fused-ring (bicyclic) bond motifs is 1. The number of nitrogens with one attached hydrogen (secondary N) is 1. The molecule has 0 saturated heterocycles. The molecular weight excluding hydrogens is 352 g/mol. The number of nitrogens with zero attached hydrogens (tertiary/aromatic N) is 3. The van der Waals surface area contributed by atoms with E-state index in [1.165, 1.54) is 27.9 Å². The van der Waals surface area contributed by atoms with Crippen LogP contribution in [0.25, 0.3) is 0 Å². The number of hydrogen-bond donors (Lipinski definition) is 1. The largest absolute Gasteiger partial charge is 0.349 e. The van der Waals surface area contributed by atoms with Crippen molar-refractivity contribution in [3.63, 3.8) is 0 Å². The van der Waals surface area contributed by atoms with Crippen LogP contribution in [0.5, 0.6) is 0 Å². The molecule has 1 aromatic carbocycles. The second kappa shape index (κ2) is 9.15. The van der Waals surface area contributed by atoms with Crippen molar-refractivity contribution in [3.8, 4) is 0 Å². The van der Waals surface area contributed by atoms with Gasteiger partial charge in [-0.25, -0.2) is 4.68 Å². The molecule has 3 rings (SSSR count).